The third kappa shape index (κ3) is 4.78. The van der Waals surface area contributed by atoms with E-state index >= 15 is 0 Å². The molecule has 3 aromatic rings. The maximum absolute atomic E-state index is 13.3. The predicted octanol–water partition coefficient (Wildman–Crippen LogP) is 5.46. The first kappa shape index (κ1) is 22.6. The molecule has 0 saturated carbocycles. The summed E-state index contributed by atoms with van der Waals surface area (Å²) in [5.41, 5.74) is 2.52. The topological polar surface area (TPSA) is 59.0 Å². The van der Waals surface area contributed by atoms with E-state index in [-0.39, 0.29) is 29.3 Å². The zero-order valence-corrected chi connectivity index (χ0v) is 18.2. The Hall–Kier alpha value is -2.12. The van der Waals surface area contributed by atoms with Crippen molar-refractivity contribution >= 4 is 47.2 Å². The summed E-state index contributed by atoms with van der Waals surface area (Å²) in [4.78, 5) is 13.1. The van der Waals surface area contributed by atoms with Crippen molar-refractivity contribution < 1.29 is 9.18 Å². The van der Waals surface area contributed by atoms with Crippen molar-refractivity contribution in [2.24, 2.45) is 0 Å². The van der Waals surface area contributed by atoms with E-state index in [1.165, 1.54) is 18.2 Å². The molecule has 1 fully saturated rings. The highest BCUT2D eigenvalue weighted by Crippen LogP contribution is 2.31. The van der Waals surface area contributed by atoms with Gasteiger partial charge in [-0.15, -0.1) is 12.4 Å². The van der Waals surface area contributed by atoms with Crippen LogP contribution in [0.4, 0.5) is 10.1 Å². The van der Waals surface area contributed by atoms with Gasteiger partial charge in [-0.25, -0.2) is 9.07 Å². The van der Waals surface area contributed by atoms with Gasteiger partial charge in [-0.1, -0.05) is 23.2 Å². The van der Waals surface area contributed by atoms with Crippen LogP contribution in [0.5, 0.6) is 0 Å². The Morgan fingerprint density at radius 3 is 2.50 bits per heavy atom. The summed E-state index contributed by atoms with van der Waals surface area (Å²) in [5, 5.41) is 11.4. The molecule has 0 bridgehead atoms. The van der Waals surface area contributed by atoms with Gasteiger partial charge in [-0.2, -0.15) is 5.10 Å². The number of nitrogens with one attached hydrogen (secondary N) is 2. The summed E-state index contributed by atoms with van der Waals surface area (Å²) >= 11 is 12.1. The minimum atomic E-state index is -0.459. The molecular formula is C21H20Cl3FN4O. The van der Waals surface area contributed by atoms with E-state index in [4.69, 9.17) is 23.2 Å². The molecular weight excluding hydrogens is 450 g/mol. The van der Waals surface area contributed by atoms with Gasteiger partial charge in [0.05, 0.1) is 33.9 Å². The number of hydrogen-bond acceptors (Lipinski definition) is 3. The summed E-state index contributed by atoms with van der Waals surface area (Å²) < 4.78 is 15.1. The van der Waals surface area contributed by atoms with Crippen molar-refractivity contribution in [2.45, 2.75) is 18.8 Å². The van der Waals surface area contributed by atoms with E-state index in [9.17, 15) is 9.18 Å². The number of amides is 1. The molecule has 5 nitrogen and oxygen atoms in total. The molecule has 1 aliphatic heterocycles. The lowest BCUT2D eigenvalue weighted by Crippen LogP contribution is -2.29. The van der Waals surface area contributed by atoms with Gasteiger partial charge in [0, 0.05) is 10.9 Å². The Bertz CT molecular complexity index is 1030. The van der Waals surface area contributed by atoms with Gasteiger partial charge in [0.1, 0.15) is 5.82 Å². The van der Waals surface area contributed by atoms with Crippen LogP contribution in [0.1, 0.15) is 34.8 Å². The molecule has 0 spiro atoms. The normalized spacial score (nSPS) is 14.2. The summed E-state index contributed by atoms with van der Waals surface area (Å²) in [5.74, 6) is -0.606. The average molecular weight is 470 g/mol. The monoisotopic (exact) mass is 468 g/mol. The lowest BCUT2D eigenvalue weighted by molar-refractivity contribution is 0.102. The molecule has 1 aromatic heterocycles. The first-order valence-corrected chi connectivity index (χ1v) is 10.1. The Balaban J connectivity index is 0.00000256. The van der Waals surface area contributed by atoms with Gasteiger partial charge in [0.2, 0.25) is 0 Å². The lowest BCUT2D eigenvalue weighted by atomic mass is 9.91. The maximum Gasteiger partial charge on any atom is 0.259 e. The summed E-state index contributed by atoms with van der Waals surface area (Å²) in [6.45, 7) is 1.75. The molecule has 0 unspecified atom stereocenters. The van der Waals surface area contributed by atoms with Gasteiger partial charge in [-0.05, 0) is 68.4 Å². The first-order chi connectivity index (χ1) is 14.0. The number of hydrogen-bond donors (Lipinski definition) is 2. The molecule has 0 atom stereocenters. The summed E-state index contributed by atoms with van der Waals surface area (Å²) in [6.07, 6.45) is 3.37. The zero-order chi connectivity index (χ0) is 20.4. The summed E-state index contributed by atoms with van der Waals surface area (Å²) in [6, 6.07) is 11.2. The number of carbonyl (C=O) groups is 1. The second-order valence-corrected chi connectivity index (χ2v) is 7.78. The van der Waals surface area contributed by atoms with Crippen molar-refractivity contribution in [3.63, 3.8) is 0 Å². The molecule has 1 saturated heterocycles. The number of piperidine rings is 1. The molecule has 30 heavy (non-hydrogen) atoms. The van der Waals surface area contributed by atoms with Gasteiger partial charge in [0.25, 0.3) is 5.91 Å². The van der Waals surface area contributed by atoms with Crippen molar-refractivity contribution in [3.8, 4) is 5.69 Å². The lowest BCUT2D eigenvalue weighted by Gasteiger charge is -2.24. The van der Waals surface area contributed by atoms with E-state index in [1.807, 2.05) is 12.1 Å². The van der Waals surface area contributed by atoms with Gasteiger partial charge < -0.3 is 10.6 Å². The number of anilines is 1. The average Bonchev–Trinajstić information content (AvgIpc) is 3.16. The summed E-state index contributed by atoms with van der Waals surface area (Å²) in [7, 11) is 0. The number of rotatable bonds is 4. The molecule has 1 amide bonds. The fraction of sp³-hybridized carbons (Fsp3) is 0.238. The molecule has 4 rings (SSSR count). The van der Waals surface area contributed by atoms with E-state index in [0.29, 0.717) is 16.3 Å². The number of nitrogens with zero attached hydrogens (tertiary/aromatic N) is 2. The third-order valence-corrected chi connectivity index (χ3v) is 5.59. The highest BCUT2D eigenvalue weighted by Gasteiger charge is 2.27. The van der Waals surface area contributed by atoms with Crippen LogP contribution in [0.3, 0.4) is 0 Å². The van der Waals surface area contributed by atoms with Crippen molar-refractivity contribution in [3.05, 3.63) is 75.8 Å². The zero-order valence-electron chi connectivity index (χ0n) is 15.9. The number of benzene rings is 2. The van der Waals surface area contributed by atoms with Crippen LogP contribution in [0.2, 0.25) is 10.0 Å². The largest absolute Gasteiger partial charge is 0.321 e. The molecule has 2 aromatic carbocycles. The molecule has 2 heterocycles. The predicted molar refractivity (Wildman–Crippen MR) is 120 cm³/mol. The van der Waals surface area contributed by atoms with Gasteiger partial charge in [0.15, 0.2) is 0 Å². The second kappa shape index (κ2) is 9.79. The SMILES string of the molecule is Cl.O=C(Nc1ccc(F)cc1Cl)c1cnn(-c2ccc(Cl)cc2)c1C1CCNCC1. The van der Waals surface area contributed by atoms with Crippen LogP contribution in [0.25, 0.3) is 5.69 Å². The first-order valence-electron chi connectivity index (χ1n) is 9.34. The molecule has 0 aliphatic carbocycles. The van der Waals surface area contributed by atoms with E-state index < -0.39 is 5.82 Å². The molecule has 158 valence electrons. The highest BCUT2D eigenvalue weighted by molar-refractivity contribution is 6.34. The van der Waals surface area contributed by atoms with Crippen LogP contribution in [0, 0.1) is 5.82 Å². The molecule has 9 heteroatoms. The van der Waals surface area contributed by atoms with E-state index in [1.54, 1.807) is 23.0 Å². The number of aromatic nitrogens is 2. The van der Waals surface area contributed by atoms with Crippen LogP contribution in [-0.4, -0.2) is 28.8 Å². The van der Waals surface area contributed by atoms with E-state index in [2.05, 4.69) is 15.7 Å². The second-order valence-electron chi connectivity index (χ2n) is 6.93. The Morgan fingerprint density at radius 2 is 1.83 bits per heavy atom. The molecule has 1 aliphatic rings. The Morgan fingerprint density at radius 1 is 1.13 bits per heavy atom. The van der Waals surface area contributed by atoms with Gasteiger partial charge >= 0.3 is 0 Å². The number of carbonyl (C=O) groups excluding carboxylic acids is 1. The molecule has 2 N–H and O–H groups in total. The maximum atomic E-state index is 13.3. The van der Waals surface area contributed by atoms with E-state index in [0.717, 1.165) is 37.3 Å². The molecule has 0 radical (unpaired) electrons. The van der Waals surface area contributed by atoms with Crippen molar-refractivity contribution in [1.82, 2.24) is 15.1 Å². The third-order valence-electron chi connectivity index (χ3n) is 5.03. The minimum Gasteiger partial charge on any atom is -0.321 e. The van der Waals surface area contributed by atoms with Crippen molar-refractivity contribution in [2.75, 3.05) is 18.4 Å². The fourth-order valence-electron chi connectivity index (χ4n) is 3.59. The quantitative estimate of drug-likeness (QED) is 0.533. The fourth-order valence-corrected chi connectivity index (χ4v) is 3.93. The smallest absolute Gasteiger partial charge is 0.259 e. The Kier molecular flexibility index (Phi) is 7.36. The van der Waals surface area contributed by atoms with Gasteiger partial charge in [-0.3, -0.25) is 4.79 Å². The standard InChI is InChI=1S/C21H19Cl2FN4O.ClH/c22-14-1-4-16(5-2-14)28-20(13-7-9-25-10-8-13)17(12-26-28)21(29)27-19-6-3-15(24)11-18(19)23;/h1-6,11-13,25H,7-10H2,(H,27,29);1H. The van der Waals surface area contributed by atoms with Crippen LogP contribution in [-0.2, 0) is 0 Å². The number of halogens is 4. The highest BCUT2D eigenvalue weighted by atomic mass is 35.5. The van der Waals surface area contributed by atoms with Crippen molar-refractivity contribution in [1.29, 1.82) is 0 Å². The van der Waals surface area contributed by atoms with Crippen LogP contribution in [0.15, 0.2) is 48.7 Å². The minimum absolute atomic E-state index is 0. The van der Waals surface area contributed by atoms with Crippen LogP contribution >= 0.6 is 35.6 Å². The van der Waals surface area contributed by atoms with Crippen LogP contribution < -0.4 is 10.6 Å². The Labute approximate surface area is 190 Å².